The summed E-state index contributed by atoms with van der Waals surface area (Å²) in [5.74, 6) is 0. The average Bonchev–Trinajstić information content (AvgIpc) is 2.75. The van der Waals surface area contributed by atoms with Crippen LogP contribution in [0.3, 0.4) is 0 Å². The van der Waals surface area contributed by atoms with E-state index in [2.05, 4.69) is 98.5 Å². The van der Waals surface area contributed by atoms with Gasteiger partial charge in [-0.1, -0.05) is 67.6 Å². The number of rotatable bonds is 2. The molecule has 1 aliphatic rings. The van der Waals surface area contributed by atoms with E-state index in [-0.39, 0.29) is 5.54 Å². The summed E-state index contributed by atoms with van der Waals surface area (Å²) in [6.45, 7) is 6.93. The highest BCUT2D eigenvalue weighted by atomic mass is 15.2. The largest absolute Gasteiger partial charge is 0.335 e. The summed E-state index contributed by atoms with van der Waals surface area (Å²) in [7, 11) is 0. The van der Waals surface area contributed by atoms with Crippen molar-refractivity contribution < 1.29 is 0 Å². The molecular weight excluding hydrogens is 290 g/mol. The first-order valence-electron chi connectivity index (χ1n) is 8.71. The van der Waals surface area contributed by atoms with Gasteiger partial charge in [-0.05, 0) is 43.5 Å². The minimum Gasteiger partial charge on any atom is -0.335 e. The van der Waals surface area contributed by atoms with Gasteiger partial charge in [-0.25, -0.2) is 0 Å². The van der Waals surface area contributed by atoms with Crippen LogP contribution in [0.25, 0.3) is 22.3 Å². The van der Waals surface area contributed by atoms with E-state index < -0.39 is 0 Å². The predicted molar refractivity (Wildman–Crippen MR) is 104 cm³/mol. The smallest absolute Gasteiger partial charge is 0.0495 e. The van der Waals surface area contributed by atoms with Gasteiger partial charge in [-0.2, -0.15) is 0 Å². The first-order valence-corrected chi connectivity index (χ1v) is 8.71. The second-order valence-corrected chi connectivity index (χ2v) is 7.08. The van der Waals surface area contributed by atoms with Gasteiger partial charge < -0.3 is 4.90 Å². The fourth-order valence-electron chi connectivity index (χ4n) is 3.69. The molecule has 1 nitrogen and oxygen atoms in total. The zero-order chi connectivity index (χ0) is 16.7. The standard InChI is InChI=1S/C23H23N/c1-4-23(2,3)24-21-15-9-7-13-19(21)17-11-5-6-12-18(17)20-14-8-10-16-22(20)24/h5-16H,4H2,1-3H3. The molecule has 0 saturated carbocycles. The van der Waals surface area contributed by atoms with Crippen molar-refractivity contribution in [1.82, 2.24) is 0 Å². The van der Waals surface area contributed by atoms with E-state index >= 15 is 0 Å². The van der Waals surface area contributed by atoms with Crippen molar-refractivity contribution in [3.8, 4) is 22.3 Å². The molecule has 1 aliphatic heterocycles. The van der Waals surface area contributed by atoms with Crippen molar-refractivity contribution >= 4 is 11.4 Å². The minimum atomic E-state index is 0.0360. The molecule has 0 bridgehead atoms. The Morgan fingerprint density at radius 3 is 1.42 bits per heavy atom. The van der Waals surface area contributed by atoms with Crippen LogP contribution in [-0.2, 0) is 0 Å². The molecule has 0 atom stereocenters. The molecular formula is C23H23N. The molecule has 120 valence electrons. The van der Waals surface area contributed by atoms with Crippen LogP contribution in [0.2, 0.25) is 0 Å². The number of anilines is 2. The summed E-state index contributed by atoms with van der Waals surface area (Å²) in [6, 6.07) is 26.3. The Kier molecular flexibility index (Phi) is 3.45. The lowest BCUT2D eigenvalue weighted by Gasteiger charge is -2.41. The van der Waals surface area contributed by atoms with Gasteiger partial charge in [0.25, 0.3) is 0 Å². The summed E-state index contributed by atoms with van der Waals surface area (Å²) in [4.78, 5) is 2.53. The van der Waals surface area contributed by atoms with E-state index in [1.165, 1.54) is 33.6 Å². The van der Waals surface area contributed by atoms with Crippen LogP contribution >= 0.6 is 0 Å². The third-order valence-corrected chi connectivity index (χ3v) is 5.27. The molecule has 0 radical (unpaired) electrons. The maximum absolute atomic E-state index is 2.53. The molecule has 1 heterocycles. The lowest BCUT2D eigenvalue weighted by molar-refractivity contribution is 0.489. The molecule has 4 rings (SSSR count). The Morgan fingerprint density at radius 1 is 0.625 bits per heavy atom. The van der Waals surface area contributed by atoms with Crippen molar-refractivity contribution in [2.75, 3.05) is 4.90 Å². The Labute approximate surface area is 144 Å². The van der Waals surface area contributed by atoms with E-state index in [1.54, 1.807) is 0 Å². The molecule has 3 aromatic rings. The summed E-state index contributed by atoms with van der Waals surface area (Å²) in [5, 5.41) is 0. The van der Waals surface area contributed by atoms with E-state index in [0.29, 0.717) is 0 Å². The molecule has 0 aromatic heterocycles. The van der Waals surface area contributed by atoms with E-state index in [4.69, 9.17) is 0 Å². The van der Waals surface area contributed by atoms with Gasteiger partial charge in [0.05, 0.1) is 0 Å². The maximum atomic E-state index is 2.53. The van der Waals surface area contributed by atoms with Gasteiger partial charge in [0, 0.05) is 28.0 Å². The average molecular weight is 313 g/mol. The Hall–Kier alpha value is -2.54. The van der Waals surface area contributed by atoms with Gasteiger partial charge >= 0.3 is 0 Å². The van der Waals surface area contributed by atoms with Crippen LogP contribution in [0.4, 0.5) is 11.4 Å². The summed E-state index contributed by atoms with van der Waals surface area (Å²) >= 11 is 0. The molecule has 0 aliphatic carbocycles. The Bertz CT molecular complexity index is 825. The second-order valence-electron chi connectivity index (χ2n) is 7.08. The topological polar surface area (TPSA) is 3.24 Å². The third-order valence-electron chi connectivity index (χ3n) is 5.27. The maximum Gasteiger partial charge on any atom is 0.0495 e. The van der Waals surface area contributed by atoms with Gasteiger partial charge in [0.2, 0.25) is 0 Å². The summed E-state index contributed by atoms with van der Waals surface area (Å²) in [5.41, 5.74) is 7.87. The van der Waals surface area contributed by atoms with Gasteiger partial charge in [-0.15, -0.1) is 0 Å². The number of para-hydroxylation sites is 2. The quantitative estimate of drug-likeness (QED) is 0.511. The van der Waals surface area contributed by atoms with Crippen molar-refractivity contribution in [2.45, 2.75) is 32.7 Å². The molecule has 24 heavy (non-hydrogen) atoms. The van der Waals surface area contributed by atoms with Crippen LogP contribution in [0, 0.1) is 0 Å². The zero-order valence-corrected chi connectivity index (χ0v) is 14.6. The zero-order valence-electron chi connectivity index (χ0n) is 14.6. The lowest BCUT2D eigenvalue weighted by atomic mass is 9.95. The minimum absolute atomic E-state index is 0.0360. The third kappa shape index (κ3) is 2.16. The van der Waals surface area contributed by atoms with Gasteiger partial charge in [0.15, 0.2) is 0 Å². The molecule has 0 fully saturated rings. The van der Waals surface area contributed by atoms with Crippen molar-refractivity contribution in [3.63, 3.8) is 0 Å². The van der Waals surface area contributed by atoms with Crippen LogP contribution in [0.5, 0.6) is 0 Å². The highest BCUT2D eigenvalue weighted by molar-refractivity contribution is 5.99. The Balaban J connectivity index is 2.15. The molecule has 0 amide bonds. The van der Waals surface area contributed by atoms with Crippen LogP contribution in [-0.4, -0.2) is 5.54 Å². The first kappa shape index (κ1) is 15.0. The Morgan fingerprint density at radius 2 is 1.00 bits per heavy atom. The molecule has 1 heteroatoms. The molecule has 3 aromatic carbocycles. The lowest BCUT2D eigenvalue weighted by Crippen LogP contribution is -2.40. The number of hydrogen-bond acceptors (Lipinski definition) is 1. The van der Waals surface area contributed by atoms with E-state index in [1.807, 2.05) is 0 Å². The normalized spacial score (nSPS) is 12.9. The number of hydrogen-bond donors (Lipinski definition) is 0. The highest BCUT2D eigenvalue weighted by Crippen LogP contribution is 2.50. The van der Waals surface area contributed by atoms with Crippen LogP contribution in [0.15, 0.2) is 72.8 Å². The fourth-order valence-corrected chi connectivity index (χ4v) is 3.69. The van der Waals surface area contributed by atoms with Crippen molar-refractivity contribution in [3.05, 3.63) is 72.8 Å². The van der Waals surface area contributed by atoms with Crippen molar-refractivity contribution in [2.24, 2.45) is 0 Å². The second kappa shape index (κ2) is 5.52. The fraction of sp³-hybridized carbons (Fsp3) is 0.217. The first-order chi connectivity index (χ1) is 11.6. The van der Waals surface area contributed by atoms with E-state index in [9.17, 15) is 0 Å². The molecule has 0 spiro atoms. The molecule has 0 unspecified atom stereocenters. The molecule has 0 saturated heterocycles. The number of benzene rings is 3. The highest BCUT2D eigenvalue weighted by Gasteiger charge is 2.32. The summed E-state index contributed by atoms with van der Waals surface area (Å²) < 4.78 is 0. The SMILES string of the molecule is CCC(C)(C)N1c2ccccc2-c2ccccc2-c2ccccc21. The van der Waals surface area contributed by atoms with Crippen LogP contribution in [0.1, 0.15) is 27.2 Å². The summed E-state index contributed by atoms with van der Waals surface area (Å²) in [6.07, 6.45) is 1.08. The van der Waals surface area contributed by atoms with Crippen LogP contribution < -0.4 is 4.90 Å². The monoisotopic (exact) mass is 313 g/mol. The van der Waals surface area contributed by atoms with E-state index in [0.717, 1.165) is 6.42 Å². The number of fused-ring (bicyclic) bond motifs is 5. The number of nitrogens with zero attached hydrogens (tertiary/aromatic N) is 1. The predicted octanol–water partition coefficient (Wildman–Crippen LogP) is 6.66. The molecule has 0 N–H and O–H groups in total. The van der Waals surface area contributed by atoms with Gasteiger partial charge in [0.1, 0.15) is 0 Å². The van der Waals surface area contributed by atoms with Gasteiger partial charge in [-0.3, -0.25) is 0 Å². The van der Waals surface area contributed by atoms with Crippen molar-refractivity contribution in [1.29, 1.82) is 0 Å².